The molecule has 1 heterocycles. The van der Waals surface area contributed by atoms with E-state index in [4.69, 9.17) is 9.47 Å². The summed E-state index contributed by atoms with van der Waals surface area (Å²) in [5.41, 5.74) is 0.519. The molecule has 2 aliphatic rings. The third-order valence-electron chi connectivity index (χ3n) is 4.48. The summed E-state index contributed by atoms with van der Waals surface area (Å²) in [5.74, 6) is 0.526. The number of ether oxygens (including phenoxy) is 2. The third-order valence-corrected chi connectivity index (χ3v) is 4.48. The van der Waals surface area contributed by atoms with Crippen LogP contribution in [0.25, 0.3) is 0 Å². The van der Waals surface area contributed by atoms with Crippen LogP contribution in [-0.4, -0.2) is 35.5 Å². The van der Waals surface area contributed by atoms with Crippen molar-refractivity contribution < 1.29 is 19.5 Å². The molecule has 1 saturated carbocycles. The van der Waals surface area contributed by atoms with Crippen molar-refractivity contribution in [3.63, 3.8) is 0 Å². The molecule has 20 heavy (non-hydrogen) atoms. The normalized spacial score (nSPS) is 24.2. The highest BCUT2D eigenvalue weighted by molar-refractivity contribution is 6.59. The molecule has 4 nitrogen and oxygen atoms in total. The van der Waals surface area contributed by atoms with Gasteiger partial charge in [-0.05, 0) is 31.7 Å². The number of hydrogen-bond donors (Lipinski definition) is 2. The summed E-state index contributed by atoms with van der Waals surface area (Å²) < 4.78 is 11.9. The van der Waals surface area contributed by atoms with E-state index in [0.717, 1.165) is 12.8 Å². The Morgan fingerprint density at radius 1 is 1.20 bits per heavy atom. The number of para-hydroxylation sites is 1. The van der Waals surface area contributed by atoms with Gasteiger partial charge in [0, 0.05) is 5.46 Å². The van der Waals surface area contributed by atoms with Gasteiger partial charge in [-0.15, -0.1) is 0 Å². The fraction of sp³-hybridized carbons (Fsp3) is 0.600. The van der Waals surface area contributed by atoms with Crippen molar-refractivity contribution in [2.24, 2.45) is 0 Å². The maximum Gasteiger partial charge on any atom is 0.492 e. The van der Waals surface area contributed by atoms with E-state index in [9.17, 15) is 10.0 Å². The second kappa shape index (κ2) is 5.76. The molecule has 1 spiro atoms. The quantitative estimate of drug-likeness (QED) is 0.812. The number of benzene rings is 1. The molecule has 1 aliphatic carbocycles. The lowest BCUT2D eigenvalue weighted by molar-refractivity contribution is -0.0508. The van der Waals surface area contributed by atoms with E-state index in [1.165, 1.54) is 25.7 Å². The van der Waals surface area contributed by atoms with Crippen molar-refractivity contribution >= 4 is 12.6 Å². The van der Waals surface area contributed by atoms with Crippen molar-refractivity contribution in [3.8, 4) is 5.75 Å². The lowest BCUT2D eigenvalue weighted by Crippen LogP contribution is -2.33. The fourth-order valence-electron chi connectivity index (χ4n) is 3.41. The lowest BCUT2D eigenvalue weighted by atomic mass is 9.79. The first kappa shape index (κ1) is 13.9. The zero-order chi connectivity index (χ0) is 14.0. The van der Waals surface area contributed by atoms with E-state index in [1.54, 1.807) is 18.2 Å². The molecule has 0 bridgehead atoms. The standard InChI is InChI=1S/C15H21BO4/c17-16(18)13-5-1-2-6-14(13)19-11-12-7-10-15(20-12)8-3-4-9-15/h1-2,5-6,12,17-18H,3-4,7-11H2. The van der Waals surface area contributed by atoms with Crippen LogP contribution in [-0.2, 0) is 4.74 Å². The smallest absolute Gasteiger partial charge is 0.491 e. The van der Waals surface area contributed by atoms with E-state index < -0.39 is 7.12 Å². The Hall–Kier alpha value is -1.04. The fourth-order valence-corrected chi connectivity index (χ4v) is 3.41. The van der Waals surface area contributed by atoms with Gasteiger partial charge in [-0.25, -0.2) is 0 Å². The van der Waals surface area contributed by atoms with Crippen molar-refractivity contribution in [2.75, 3.05) is 6.61 Å². The van der Waals surface area contributed by atoms with Gasteiger partial charge < -0.3 is 19.5 Å². The van der Waals surface area contributed by atoms with Crippen LogP contribution in [0.15, 0.2) is 24.3 Å². The van der Waals surface area contributed by atoms with Crippen molar-refractivity contribution in [1.82, 2.24) is 0 Å². The number of hydrogen-bond acceptors (Lipinski definition) is 4. The summed E-state index contributed by atoms with van der Waals surface area (Å²) in [4.78, 5) is 0. The molecule has 5 heteroatoms. The van der Waals surface area contributed by atoms with E-state index >= 15 is 0 Å². The van der Waals surface area contributed by atoms with Crippen LogP contribution in [0.3, 0.4) is 0 Å². The Bertz CT molecular complexity index is 457. The second-order valence-corrected chi connectivity index (χ2v) is 5.89. The second-order valence-electron chi connectivity index (χ2n) is 5.89. The van der Waals surface area contributed by atoms with Crippen LogP contribution in [0.4, 0.5) is 0 Å². The first-order chi connectivity index (χ1) is 9.69. The van der Waals surface area contributed by atoms with E-state index in [1.807, 2.05) is 6.07 Å². The van der Waals surface area contributed by atoms with Gasteiger partial charge in [0.15, 0.2) is 0 Å². The van der Waals surface area contributed by atoms with Gasteiger partial charge in [-0.1, -0.05) is 31.0 Å². The molecule has 2 N–H and O–H groups in total. The van der Waals surface area contributed by atoms with Crippen LogP contribution in [0.1, 0.15) is 38.5 Å². The van der Waals surface area contributed by atoms with E-state index in [-0.39, 0.29) is 11.7 Å². The molecule has 1 saturated heterocycles. The minimum absolute atomic E-state index is 0.115. The predicted octanol–water partition coefficient (Wildman–Crippen LogP) is 1.24. The average Bonchev–Trinajstić information content (AvgIpc) is 3.07. The van der Waals surface area contributed by atoms with Crippen LogP contribution in [0, 0.1) is 0 Å². The highest BCUT2D eigenvalue weighted by atomic mass is 16.6. The maximum absolute atomic E-state index is 9.31. The number of rotatable bonds is 4. The topological polar surface area (TPSA) is 58.9 Å². The van der Waals surface area contributed by atoms with Gasteiger partial charge in [-0.3, -0.25) is 0 Å². The highest BCUT2D eigenvalue weighted by Gasteiger charge is 2.42. The molecule has 1 aromatic carbocycles. The molecule has 3 rings (SSSR count). The van der Waals surface area contributed by atoms with Crippen LogP contribution in [0.5, 0.6) is 5.75 Å². The minimum Gasteiger partial charge on any atom is -0.491 e. The van der Waals surface area contributed by atoms with Gasteiger partial charge in [0.05, 0.1) is 11.7 Å². The predicted molar refractivity (Wildman–Crippen MR) is 77.1 cm³/mol. The largest absolute Gasteiger partial charge is 0.492 e. The molecule has 108 valence electrons. The average molecular weight is 276 g/mol. The minimum atomic E-state index is -1.50. The lowest BCUT2D eigenvalue weighted by Gasteiger charge is -2.24. The van der Waals surface area contributed by atoms with E-state index in [2.05, 4.69) is 0 Å². The molecule has 0 radical (unpaired) electrons. The van der Waals surface area contributed by atoms with Crippen molar-refractivity contribution in [2.45, 2.75) is 50.2 Å². The Morgan fingerprint density at radius 2 is 1.95 bits per heavy atom. The van der Waals surface area contributed by atoms with Gasteiger partial charge in [0.2, 0.25) is 0 Å². The van der Waals surface area contributed by atoms with Gasteiger partial charge in [-0.2, -0.15) is 0 Å². The molecular weight excluding hydrogens is 255 g/mol. The molecule has 1 aromatic rings. The van der Waals surface area contributed by atoms with Crippen molar-refractivity contribution in [1.29, 1.82) is 0 Å². The molecule has 1 atom stereocenters. The molecule has 1 aliphatic heterocycles. The highest BCUT2D eigenvalue weighted by Crippen LogP contribution is 2.43. The Morgan fingerprint density at radius 3 is 2.70 bits per heavy atom. The molecule has 1 unspecified atom stereocenters. The first-order valence-electron chi connectivity index (χ1n) is 7.44. The van der Waals surface area contributed by atoms with Gasteiger partial charge in [0.25, 0.3) is 0 Å². The Labute approximate surface area is 119 Å². The van der Waals surface area contributed by atoms with Gasteiger partial charge in [0.1, 0.15) is 12.4 Å². The monoisotopic (exact) mass is 276 g/mol. The molecule has 0 amide bonds. The summed E-state index contributed by atoms with van der Waals surface area (Å²) in [6.07, 6.45) is 7.18. The molecule has 2 fully saturated rings. The van der Waals surface area contributed by atoms with Crippen LogP contribution >= 0.6 is 0 Å². The zero-order valence-electron chi connectivity index (χ0n) is 11.6. The summed E-state index contributed by atoms with van der Waals surface area (Å²) in [5, 5.41) is 18.6. The maximum atomic E-state index is 9.31. The first-order valence-corrected chi connectivity index (χ1v) is 7.44. The summed E-state index contributed by atoms with van der Waals surface area (Å²) in [7, 11) is -1.50. The summed E-state index contributed by atoms with van der Waals surface area (Å²) in [6, 6.07) is 7.01. The Balaban J connectivity index is 1.58. The van der Waals surface area contributed by atoms with Gasteiger partial charge >= 0.3 is 7.12 Å². The van der Waals surface area contributed by atoms with E-state index in [0.29, 0.717) is 17.8 Å². The SMILES string of the molecule is OB(O)c1ccccc1OCC1CCC2(CCCC2)O1. The summed E-state index contributed by atoms with van der Waals surface area (Å²) in [6.45, 7) is 0.478. The zero-order valence-corrected chi connectivity index (χ0v) is 11.6. The molecular formula is C15H21BO4. The third kappa shape index (κ3) is 2.85. The van der Waals surface area contributed by atoms with Crippen LogP contribution in [0.2, 0.25) is 0 Å². The van der Waals surface area contributed by atoms with Crippen LogP contribution < -0.4 is 10.2 Å². The van der Waals surface area contributed by atoms with Crippen molar-refractivity contribution in [3.05, 3.63) is 24.3 Å². The summed E-state index contributed by atoms with van der Waals surface area (Å²) >= 11 is 0. The molecule has 0 aromatic heterocycles. The Kier molecular flexibility index (Phi) is 4.01.